The summed E-state index contributed by atoms with van der Waals surface area (Å²) in [6.45, 7) is 21.0. The van der Waals surface area contributed by atoms with E-state index in [0.717, 1.165) is 13.1 Å². The smallest absolute Gasteiger partial charge is 0.0263 e. The molecule has 6 heteroatoms. The van der Waals surface area contributed by atoms with Crippen molar-refractivity contribution in [2.45, 2.75) is 109 Å². The molecule has 2 unspecified atom stereocenters. The van der Waals surface area contributed by atoms with Crippen molar-refractivity contribution in [1.29, 1.82) is 0 Å². The number of likely N-dealkylation sites (tertiary alicyclic amines) is 2. The van der Waals surface area contributed by atoms with Crippen molar-refractivity contribution in [2.24, 2.45) is 0 Å². The Morgan fingerprint density at radius 2 is 1.12 bits per heavy atom. The number of hydrogen-bond donors (Lipinski definition) is 2. The van der Waals surface area contributed by atoms with Crippen LogP contribution in [0.25, 0.3) is 0 Å². The van der Waals surface area contributed by atoms with Crippen LogP contribution in [-0.4, -0.2) is 123 Å². The van der Waals surface area contributed by atoms with E-state index in [4.69, 9.17) is 0 Å². The van der Waals surface area contributed by atoms with Crippen LogP contribution in [0.1, 0.15) is 97.0 Å². The van der Waals surface area contributed by atoms with E-state index in [-0.39, 0.29) is 0 Å². The molecular formula is C37H70N6. The molecule has 2 N–H and O–H groups in total. The van der Waals surface area contributed by atoms with Crippen LogP contribution in [0.3, 0.4) is 0 Å². The molecule has 0 bridgehead atoms. The standard InChI is InChI=1S/C18H29N3.C17H35N3.C2H6/c1-20-12-5-8-18(9-13-20,21-14-10-19-11-15-21)16-17-6-3-2-4-7-17;1-3-4-5-6-8-17(20-15-11-18-12-16-20)9-7-13-19(2)14-10-17;1-2/h2-4,6-7,19H,5,8-16H2,1H3;18H,3-16H2,1-2H3;1-2H3. The molecule has 4 aliphatic rings. The van der Waals surface area contributed by atoms with Crippen molar-refractivity contribution in [3.05, 3.63) is 35.9 Å². The molecule has 1 aromatic carbocycles. The molecule has 4 heterocycles. The fourth-order valence-electron chi connectivity index (χ4n) is 8.09. The second-order valence-corrected chi connectivity index (χ2v) is 13.7. The van der Waals surface area contributed by atoms with Crippen molar-refractivity contribution in [3.8, 4) is 0 Å². The largest absolute Gasteiger partial charge is 0.314 e. The van der Waals surface area contributed by atoms with Crippen molar-refractivity contribution >= 4 is 0 Å². The number of nitrogens with one attached hydrogen (secondary N) is 2. The third-order valence-corrected chi connectivity index (χ3v) is 10.7. The maximum Gasteiger partial charge on any atom is 0.0263 e. The number of unbranched alkanes of at least 4 members (excludes halogenated alkanes) is 3. The van der Waals surface area contributed by atoms with E-state index in [1.807, 2.05) is 13.8 Å². The number of benzene rings is 1. The first kappa shape index (κ1) is 36.4. The summed E-state index contributed by atoms with van der Waals surface area (Å²) in [7, 11) is 4.57. The summed E-state index contributed by atoms with van der Waals surface area (Å²) in [5.41, 5.74) is 2.38. The van der Waals surface area contributed by atoms with Crippen LogP contribution in [-0.2, 0) is 6.42 Å². The Labute approximate surface area is 267 Å². The summed E-state index contributed by atoms with van der Waals surface area (Å²) < 4.78 is 0. The zero-order valence-corrected chi connectivity index (χ0v) is 29.1. The van der Waals surface area contributed by atoms with Gasteiger partial charge in [0.05, 0.1) is 0 Å². The monoisotopic (exact) mass is 599 g/mol. The molecule has 43 heavy (non-hydrogen) atoms. The summed E-state index contributed by atoms with van der Waals surface area (Å²) in [6, 6.07) is 11.1. The Hall–Kier alpha value is -1.02. The van der Waals surface area contributed by atoms with E-state index in [0.29, 0.717) is 11.1 Å². The zero-order chi connectivity index (χ0) is 30.8. The minimum absolute atomic E-state index is 0.369. The van der Waals surface area contributed by atoms with Crippen molar-refractivity contribution in [2.75, 3.05) is 92.6 Å². The van der Waals surface area contributed by atoms with Crippen molar-refractivity contribution < 1.29 is 0 Å². The predicted octanol–water partition coefficient (Wildman–Crippen LogP) is 5.73. The van der Waals surface area contributed by atoms with Gasteiger partial charge in [-0.25, -0.2) is 0 Å². The van der Waals surface area contributed by atoms with Crippen LogP contribution in [0, 0.1) is 0 Å². The lowest BCUT2D eigenvalue weighted by Gasteiger charge is -2.46. The second kappa shape index (κ2) is 20.2. The molecule has 0 spiro atoms. The second-order valence-electron chi connectivity index (χ2n) is 13.7. The predicted molar refractivity (Wildman–Crippen MR) is 187 cm³/mol. The normalized spacial score (nSPS) is 28.5. The van der Waals surface area contributed by atoms with E-state index in [1.165, 1.54) is 148 Å². The first-order valence-electron chi connectivity index (χ1n) is 18.4. The Balaban J connectivity index is 0.000000223. The lowest BCUT2D eigenvalue weighted by atomic mass is 9.82. The summed E-state index contributed by atoms with van der Waals surface area (Å²) in [4.78, 5) is 10.7. The average molecular weight is 599 g/mol. The third kappa shape index (κ3) is 11.7. The van der Waals surface area contributed by atoms with Crippen LogP contribution in [0.5, 0.6) is 0 Å². The fraction of sp³-hybridized carbons (Fsp3) is 0.838. The van der Waals surface area contributed by atoms with Gasteiger partial charge in [0, 0.05) is 63.4 Å². The van der Waals surface area contributed by atoms with Crippen LogP contribution in [0.15, 0.2) is 30.3 Å². The zero-order valence-electron chi connectivity index (χ0n) is 29.1. The average Bonchev–Trinajstić information content (AvgIpc) is 3.38. The van der Waals surface area contributed by atoms with E-state index < -0.39 is 0 Å². The van der Waals surface area contributed by atoms with Gasteiger partial charge in [0.25, 0.3) is 0 Å². The number of rotatable bonds is 9. The highest BCUT2D eigenvalue weighted by atomic mass is 15.3. The highest BCUT2D eigenvalue weighted by Gasteiger charge is 2.39. The SMILES string of the molecule is CC.CCCCCCC1(N2CCNCC2)CCCN(C)CC1.CN1CCCC(Cc2ccccc2)(N2CCNCC2)CC1. The molecule has 0 aliphatic carbocycles. The third-order valence-electron chi connectivity index (χ3n) is 10.7. The molecule has 0 saturated carbocycles. The minimum atomic E-state index is 0.369. The molecule has 5 rings (SSSR count). The molecular weight excluding hydrogens is 528 g/mol. The lowest BCUT2D eigenvalue weighted by Crippen LogP contribution is -2.57. The molecule has 248 valence electrons. The van der Waals surface area contributed by atoms with Gasteiger partial charge in [0.15, 0.2) is 0 Å². The van der Waals surface area contributed by atoms with Gasteiger partial charge in [-0.2, -0.15) is 0 Å². The first-order valence-corrected chi connectivity index (χ1v) is 18.4. The van der Waals surface area contributed by atoms with Gasteiger partial charge in [0.2, 0.25) is 0 Å². The Kier molecular flexibility index (Phi) is 17.1. The molecule has 0 amide bonds. The summed E-state index contributed by atoms with van der Waals surface area (Å²) in [6.07, 6.45) is 16.4. The molecule has 4 aliphatic heterocycles. The molecule has 6 nitrogen and oxygen atoms in total. The molecule has 0 radical (unpaired) electrons. The Morgan fingerprint density at radius 3 is 1.67 bits per heavy atom. The molecule has 2 atom stereocenters. The topological polar surface area (TPSA) is 37.0 Å². The van der Waals surface area contributed by atoms with E-state index >= 15 is 0 Å². The highest BCUT2D eigenvalue weighted by molar-refractivity contribution is 5.19. The lowest BCUT2D eigenvalue weighted by molar-refractivity contribution is 0.0490. The minimum Gasteiger partial charge on any atom is -0.314 e. The van der Waals surface area contributed by atoms with Gasteiger partial charge < -0.3 is 20.4 Å². The fourth-order valence-corrected chi connectivity index (χ4v) is 8.09. The maximum absolute atomic E-state index is 3.52. The number of hydrogen-bond acceptors (Lipinski definition) is 6. The van der Waals surface area contributed by atoms with Gasteiger partial charge in [0.1, 0.15) is 0 Å². The van der Waals surface area contributed by atoms with Crippen molar-refractivity contribution in [3.63, 3.8) is 0 Å². The van der Waals surface area contributed by atoms with Gasteiger partial charge in [-0.1, -0.05) is 76.8 Å². The summed E-state index contributed by atoms with van der Waals surface area (Å²) in [5.74, 6) is 0. The molecule has 4 saturated heterocycles. The van der Waals surface area contributed by atoms with Gasteiger partial charge in [-0.15, -0.1) is 0 Å². The van der Waals surface area contributed by atoms with Gasteiger partial charge >= 0.3 is 0 Å². The van der Waals surface area contributed by atoms with E-state index in [2.05, 4.69) is 81.6 Å². The number of piperazine rings is 2. The Morgan fingerprint density at radius 1 is 0.605 bits per heavy atom. The van der Waals surface area contributed by atoms with Gasteiger partial charge in [-0.3, -0.25) is 9.80 Å². The quantitative estimate of drug-likeness (QED) is 0.354. The Bertz CT molecular complexity index is 824. The van der Waals surface area contributed by atoms with Crippen LogP contribution < -0.4 is 10.6 Å². The van der Waals surface area contributed by atoms with E-state index in [9.17, 15) is 0 Å². The number of nitrogens with zero attached hydrogens (tertiary/aromatic N) is 4. The van der Waals surface area contributed by atoms with E-state index in [1.54, 1.807) is 0 Å². The molecule has 1 aromatic rings. The van der Waals surface area contributed by atoms with Crippen molar-refractivity contribution in [1.82, 2.24) is 30.2 Å². The summed E-state index contributed by atoms with van der Waals surface area (Å²) in [5, 5.41) is 7.03. The van der Waals surface area contributed by atoms with Crippen LogP contribution in [0.4, 0.5) is 0 Å². The van der Waals surface area contributed by atoms with Crippen LogP contribution >= 0.6 is 0 Å². The highest BCUT2D eigenvalue weighted by Crippen LogP contribution is 2.35. The first-order chi connectivity index (χ1) is 21.1. The molecule has 0 aromatic heterocycles. The maximum atomic E-state index is 3.52. The van der Waals surface area contributed by atoms with Crippen LogP contribution in [0.2, 0.25) is 0 Å². The van der Waals surface area contributed by atoms with Gasteiger partial charge in [-0.05, 0) is 97.2 Å². The summed E-state index contributed by atoms with van der Waals surface area (Å²) >= 11 is 0. The molecule has 4 fully saturated rings.